The molecule has 0 saturated heterocycles. The highest BCUT2D eigenvalue weighted by atomic mass is 35.5. The van der Waals surface area contributed by atoms with Gasteiger partial charge in [0.25, 0.3) is 0 Å². The summed E-state index contributed by atoms with van der Waals surface area (Å²) in [5.74, 6) is 1.46. The van der Waals surface area contributed by atoms with Crippen LogP contribution < -0.4 is 15.4 Å². The Hall–Kier alpha value is -2.81. The highest BCUT2D eigenvalue weighted by Gasteiger charge is 2.14. The Bertz CT molecular complexity index is 971. The number of carbonyl (C=O) groups excluding carboxylic acids is 1. The molecule has 0 fully saturated rings. The lowest BCUT2D eigenvalue weighted by atomic mass is 10.2. The molecule has 1 amide bonds. The summed E-state index contributed by atoms with van der Waals surface area (Å²) < 4.78 is 5.20. The van der Waals surface area contributed by atoms with Crippen molar-refractivity contribution in [3.63, 3.8) is 0 Å². The second kappa shape index (κ2) is 10.1. The molecule has 0 saturated carbocycles. The van der Waals surface area contributed by atoms with E-state index in [-0.39, 0.29) is 6.61 Å². The van der Waals surface area contributed by atoms with Gasteiger partial charge in [0.05, 0.1) is 11.5 Å². The normalized spacial score (nSPS) is 10.4. The first-order valence-corrected chi connectivity index (χ1v) is 10.3. The SMILES string of the molecule is CSc1c(Cl)nc(-c2ccc(NC(=O)Oc3ccccc3)cc2)nc1NCCO. The molecule has 3 rings (SSSR count). The molecular formula is C20H19ClN4O3S. The van der Waals surface area contributed by atoms with Gasteiger partial charge in [-0.25, -0.2) is 14.8 Å². The second-order valence-electron chi connectivity index (χ2n) is 5.78. The van der Waals surface area contributed by atoms with Crippen molar-refractivity contribution in [1.82, 2.24) is 9.97 Å². The fourth-order valence-electron chi connectivity index (χ4n) is 2.47. The number of aromatic nitrogens is 2. The summed E-state index contributed by atoms with van der Waals surface area (Å²) in [5.41, 5.74) is 1.30. The van der Waals surface area contributed by atoms with Gasteiger partial charge in [-0.1, -0.05) is 29.8 Å². The van der Waals surface area contributed by atoms with Crippen LogP contribution in [0, 0.1) is 0 Å². The lowest BCUT2D eigenvalue weighted by Gasteiger charge is -2.12. The van der Waals surface area contributed by atoms with Gasteiger partial charge in [-0.2, -0.15) is 0 Å². The van der Waals surface area contributed by atoms with E-state index in [1.54, 1.807) is 48.5 Å². The zero-order chi connectivity index (χ0) is 20.6. The van der Waals surface area contributed by atoms with E-state index in [4.69, 9.17) is 21.4 Å². The molecule has 0 radical (unpaired) electrons. The number of para-hydroxylation sites is 1. The van der Waals surface area contributed by atoms with Crippen molar-refractivity contribution in [2.75, 3.05) is 30.0 Å². The summed E-state index contributed by atoms with van der Waals surface area (Å²) in [7, 11) is 0. The monoisotopic (exact) mass is 430 g/mol. The first-order chi connectivity index (χ1) is 14.1. The number of rotatable bonds is 7. The number of thioether (sulfide) groups is 1. The van der Waals surface area contributed by atoms with Gasteiger partial charge in [-0.05, 0) is 42.7 Å². The Morgan fingerprint density at radius 3 is 2.52 bits per heavy atom. The number of aliphatic hydroxyl groups excluding tert-OH is 1. The Kier molecular flexibility index (Phi) is 7.29. The minimum absolute atomic E-state index is 0.0236. The van der Waals surface area contributed by atoms with Crippen LogP contribution in [-0.2, 0) is 0 Å². The van der Waals surface area contributed by atoms with Crippen molar-refractivity contribution in [3.8, 4) is 17.1 Å². The number of carbonyl (C=O) groups is 1. The molecule has 0 unspecified atom stereocenters. The smallest absolute Gasteiger partial charge is 0.410 e. The van der Waals surface area contributed by atoms with Gasteiger partial charge in [0.15, 0.2) is 5.82 Å². The molecule has 29 heavy (non-hydrogen) atoms. The van der Waals surface area contributed by atoms with Crippen molar-refractivity contribution in [3.05, 3.63) is 59.8 Å². The van der Waals surface area contributed by atoms with Crippen LogP contribution in [-0.4, -0.2) is 40.6 Å². The van der Waals surface area contributed by atoms with Crippen LogP contribution in [0.4, 0.5) is 16.3 Å². The molecule has 0 aliphatic heterocycles. The van der Waals surface area contributed by atoms with Crippen molar-refractivity contribution < 1.29 is 14.6 Å². The minimum atomic E-state index is -0.581. The summed E-state index contributed by atoms with van der Waals surface area (Å²) in [5, 5.41) is 15.1. The summed E-state index contributed by atoms with van der Waals surface area (Å²) in [6, 6.07) is 15.8. The van der Waals surface area contributed by atoms with E-state index in [0.717, 1.165) is 5.56 Å². The Morgan fingerprint density at radius 1 is 1.14 bits per heavy atom. The van der Waals surface area contributed by atoms with E-state index < -0.39 is 6.09 Å². The van der Waals surface area contributed by atoms with Gasteiger partial charge in [-0.3, -0.25) is 5.32 Å². The van der Waals surface area contributed by atoms with Crippen LogP contribution in [0.2, 0.25) is 5.15 Å². The van der Waals surface area contributed by atoms with Crippen LogP contribution in [0.25, 0.3) is 11.4 Å². The predicted molar refractivity (Wildman–Crippen MR) is 116 cm³/mol. The molecule has 3 N–H and O–H groups in total. The van der Waals surface area contributed by atoms with Gasteiger partial charge in [0.2, 0.25) is 0 Å². The molecule has 1 heterocycles. The highest BCUT2D eigenvalue weighted by molar-refractivity contribution is 7.98. The molecule has 2 aromatic carbocycles. The zero-order valence-corrected chi connectivity index (χ0v) is 17.1. The number of ether oxygens (including phenoxy) is 1. The van der Waals surface area contributed by atoms with Crippen molar-refractivity contribution in [1.29, 1.82) is 0 Å². The van der Waals surface area contributed by atoms with E-state index in [1.165, 1.54) is 11.8 Å². The van der Waals surface area contributed by atoms with Crippen LogP contribution in [0.1, 0.15) is 0 Å². The van der Waals surface area contributed by atoms with Gasteiger partial charge in [-0.15, -0.1) is 11.8 Å². The highest BCUT2D eigenvalue weighted by Crippen LogP contribution is 2.32. The summed E-state index contributed by atoms with van der Waals surface area (Å²) in [6.45, 7) is 0.330. The lowest BCUT2D eigenvalue weighted by molar-refractivity contribution is 0.215. The fraction of sp³-hybridized carbons (Fsp3) is 0.150. The van der Waals surface area contributed by atoms with E-state index >= 15 is 0 Å². The maximum absolute atomic E-state index is 12.0. The Balaban J connectivity index is 1.74. The van der Waals surface area contributed by atoms with E-state index in [2.05, 4.69) is 20.6 Å². The summed E-state index contributed by atoms with van der Waals surface area (Å²) >= 11 is 7.72. The molecule has 150 valence electrons. The van der Waals surface area contributed by atoms with Crippen LogP contribution >= 0.6 is 23.4 Å². The van der Waals surface area contributed by atoms with Crippen molar-refractivity contribution >= 4 is 41.0 Å². The molecule has 0 atom stereocenters. The quantitative estimate of drug-likeness (QED) is 0.374. The van der Waals surface area contributed by atoms with Gasteiger partial charge < -0.3 is 15.2 Å². The fourth-order valence-corrected chi connectivity index (χ4v) is 3.40. The average molecular weight is 431 g/mol. The summed E-state index contributed by atoms with van der Waals surface area (Å²) in [6.07, 6.45) is 1.30. The molecule has 0 spiro atoms. The van der Waals surface area contributed by atoms with Crippen molar-refractivity contribution in [2.24, 2.45) is 0 Å². The standard InChI is InChI=1S/C20H19ClN4O3S/c1-29-16-17(21)24-18(25-19(16)22-11-12-26)13-7-9-14(10-8-13)23-20(27)28-15-5-3-2-4-6-15/h2-10,26H,11-12H2,1H3,(H,23,27)(H,22,24,25). The van der Waals surface area contributed by atoms with Gasteiger partial charge in [0, 0.05) is 17.8 Å². The maximum Gasteiger partial charge on any atom is 0.417 e. The maximum atomic E-state index is 12.0. The molecule has 0 bridgehead atoms. The largest absolute Gasteiger partial charge is 0.417 e. The molecule has 1 aromatic heterocycles. The van der Waals surface area contributed by atoms with Crippen LogP contribution in [0.15, 0.2) is 59.5 Å². The van der Waals surface area contributed by atoms with E-state index in [9.17, 15) is 4.79 Å². The molecule has 3 aromatic rings. The predicted octanol–water partition coefficient (Wildman–Crippen LogP) is 4.53. The summed E-state index contributed by atoms with van der Waals surface area (Å²) in [4.78, 5) is 21.6. The second-order valence-corrected chi connectivity index (χ2v) is 6.95. The number of hydrogen-bond acceptors (Lipinski definition) is 7. The van der Waals surface area contributed by atoms with E-state index in [0.29, 0.717) is 39.7 Å². The van der Waals surface area contributed by atoms with Crippen LogP contribution in [0.3, 0.4) is 0 Å². The molecule has 7 nitrogen and oxygen atoms in total. The molecule has 0 aliphatic rings. The topological polar surface area (TPSA) is 96.4 Å². The van der Waals surface area contributed by atoms with Crippen molar-refractivity contribution in [2.45, 2.75) is 4.90 Å². The number of benzene rings is 2. The Labute approximate surface area is 177 Å². The number of aliphatic hydroxyl groups is 1. The number of nitrogens with one attached hydrogen (secondary N) is 2. The third-order valence-electron chi connectivity index (χ3n) is 3.78. The first-order valence-electron chi connectivity index (χ1n) is 8.71. The third-order valence-corrected chi connectivity index (χ3v) is 4.96. The molecule has 0 aliphatic carbocycles. The minimum Gasteiger partial charge on any atom is -0.410 e. The lowest BCUT2D eigenvalue weighted by Crippen LogP contribution is -2.16. The number of amides is 1. The number of nitrogens with zero attached hydrogens (tertiary/aromatic N) is 2. The van der Waals surface area contributed by atoms with E-state index in [1.807, 2.05) is 12.3 Å². The Morgan fingerprint density at radius 2 is 1.86 bits per heavy atom. The van der Waals surface area contributed by atoms with Gasteiger partial charge >= 0.3 is 6.09 Å². The zero-order valence-electron chi connectivity index (χ0n) is 15.6. The molecular weight excluding hydrogens is 412 g/mol. The average Bonchev–Trinajstić information content (AvgIpc) is 2.73. The first kappa shape index (κ1) is 20.9. The molecule has 9 heteroatoms. The van der Waals surface area contributed by atoms with Crippen LogP contribution in [0.5, 0.6) is 5.75 Å². The number of anilines is 2. The van der Waals surface area contributed by atoms with Gasteiger partial charge in [0.1, 0.15) is 16.7 Å². The third kappa shape index (κ3) is 5.60. The number of halogens is 1. The number of hydrogen-bond donors (Lipinski definition) is 3.